The Morgan fingerprint density at radius 3 is 2.77 bits per heavy atom. The minimum atomic E-state index is -0.784. The highest BCUT2D eigenvalue weighted by molar-refractivity contribution is 6.72. The fourth-order valence-corrected chi connectivity index (χ4v) is 5.40. The van der Waals surface area contributed by atoms with E-state index in [-0.39, 0.29) is 0 Å². The first-order chi connectivity index (χ1) is 6.42. The van der Waals surface area contributed by atoms with Crippen LogP contribution < -0.4 is 10.1 Å². The highest BCUT2D eigenvalue weighted by atomic mass is 28.3. The molecule has 0 saturated carbocycles. The molecule has 1 aromatic heterocycles. The van der Waals surface area contributed by atoms with Gasteiger partial charge >= 0.3 is 0 Å². The van der Waals surface area contributed by atoms with Gasteiger partial charge in [0.05, 0.1) is 13.4 Å². The summed E-state index contributed by atoms with van der Waals surface area (Å²) in [6.45, 7) is 0. The highest BCUT2D eigenvalue weighted by Crippen LogP contribution is 2.21. The van der Waals surface area contributed by atoms with Crippen molar-refractivity contribution in [2.75, 3.05) is 7.11 Å². The maximum absolute atomic E-state index is 5.53. The van der Waals surface area contributed by atoms with Gasteiger partial charge in [0, 0.05) is 6.07 Å². The molecular formula is C10H16O2Si. The molecule has 72 valence electrons. The molecule has 0 amide bonds. The molecular weight excluding hydrogens is 180 g/mol. The summed E-state index contributed by atoms with van der Waals surface area (Å²) in [5, 5.41) is 1.20. The van der Waals surface area contributed by atoms with Gasteiger partial charge in [0.15, 0.2) is 5.75 Å². The average Bonchev–Trinajstić information content (AvgIpc) is 2.67. The van der Waals surface area contributed by atoms with Gasteiger partial charge in [-0.25, -0.2) is 0 Å². The van der Waals surface area contributed by atoms with E-state index in [1.54, 1.807) is 13.4 Å². The molecule has 0 unspecified atom stereocenters. The van der Waals surface area contributed by atoms with E-state index < -0.39 is 8.80 Å². The number of ether oxygens (including phenoxy) is 1. The van der Waals surface area contributed by atoms with Gasteiger partial charge in [0.2, 0.25) is 0 Å². The Morgan fingerprint density at radius 2 is 2.08 bits per heavy atom. The zero-order chi connectivity index (χ0) is 9.10. The van der Waals surface area contributed by atoms with E-state index in [1.165, 1.54) is 36.7 Å². The van der Waals surface area contributed by atoms with Crippen LogP contribution in [0.3, 0.4) is 0 Å². The third kappa shape index (κ3) is 1.80. The summed E-state index contributed by atoms with van der Waals surface area (Å²) in [6.07, 6.45) is 5.95. The van der Waals surface area contributed by atoms with Gasteiger partial charge in [0.25, 0.3) is 0 Å². The van der Waals surface area contributed by atoms with Gasteiger partial charge in [-0.1, -0.05) is 31.4 Å². The second kappa shape index (κ2) is 4.00. The van der Waals surface area contributed by atoms with Crippen molar-refractivity contribution in [3.05, 3.63) is 12.3 Å². The summed E-state index contributed by atoms with van der Waals surface area (Å²) in [4.78, 5) is 0. The molecule has 1 aromatic rings. The minimum Gasteiger partial charge on any atom is -0.494 e. The lowest BCUT2D eigenvalue weighted by atomic mass is 10.3. The van der Waals surface area contributed by atoms with Crippen molar-refractivity contribution < 1.29 is 9.15 Å². The van der Waals surface area contributed by atoms with Crippen molar-refractivity contribution in [2.45, 2.75) is 31.4 Å². The van der Waals surface area contributed by atoms with Gasteiger partial charge in [-0.2, -0.15) is 0 Å². The van der Waals surface area contributed by atoms with Crippen LogP contribution in [-0.4, -0.2) is 15.9 Å². The number of hydrogen-bond acceptors (Lipinski definition) is 2. The number of rotatable bonds is 2. The topological polar surface area (TPSA) is 22.4 Å². The third-order valence-electron chi connectivity index (χ3n) is 2.85. The zero-order valence-corrected chi connectivity index (χ0v) is 9.24. The van der Waals surface area contributed by atoms with Crippen LogP contribution in [0.25, 0.3) is 0 Å². The van der Waals surface area contributed by atoms with Gasteiger partial charge < -0.3 is 9.15 Å². The highest BCUT2D eigenvalue weighted by Gasteiger charge is 2.23. The molecule has 1 aliphatic rings. The molecule has 3 heteroatoms. The molecule has 1 saturated heterocycles. The van der Waals surface area contributed by atoms with Crippen LogP contribution in [0.1, 0.15) is 19.3 Å². The fourth-order valence-electron chi connectivity index (χ4n) is 2.14. The lowest BCUT2D eigenvalue weighted by molar-refractivity contribution is 0.413. The second-order valence-corrected chi connectivity index (χ2v) is 6.76. The number of hydrogen-bond donors (Lipinski definition) is 0. The van der Waals surface area contributed by atoms with E-state index in [2.05, 4.69) is 0 Å². The Morgan fingerprint density at radius 1 is 1.31 bits per heavy atom. The van der Waals surface area contributed by atoms with Crippen LogP contribution in [0.2, 0.25) is 12.1 Å². The maximum Gasteiger partial charge on any atom is 0.154 e. The van der Waals surface area contributed by atoms with E-state index in [1.807, 2.05) is 6.07 Å². The minimum absolute atomic E-state index is 0.784. The van der Waals surface area contributed by atoms with Gasteiger partial charge in [-0.15, -0.1) is 0 Å². The van der Waals surface area contributed by atoms with E-state index in [0.717, 1.165) is 5.75 Å². The molecule has 2 rings (SSSR count). The first kappa shape index (κ1) is 8.88. The lowest BCUT2D eigenvalue weighted by Gasteiger charge is -2.18. The van der Waals surface area contributed by atoms with Crippen molar-refractivity contribution in [3.63, 3.8) is 0 Å². The summed E-state index contributed by atoms with van der Waals surface area (Å²) >= 11 is 0. The molecule has 0 N–H and O–H groups in total. The number of furan rings is 1. The zero-order valence-electron chi connectivity index (χ0n) is 8.08. The van der Waals surface area contributed by atoms with Crippen LogP contribution in [0.15, 0.2) is 16.7 Å². The Kier molecular flexibility index (Phi) is 2.73. The van der Waals surface area contributed by atoms with E-state index in [0.29, 0.717) is 0 Å². The van der Waals surface area contributed by atoms with Crippen LogP contribution in [0.5, 0.6) is 5.75 Å². The van der Waals surface area contributed by atoms with Crippen molar-refractivity contribution >= 4 is 14.2 Å². The normalized spacial score (nSPS) is 18.8. The molecule has 0 aliphatic carbocycles. The third-order valence-corrected chi connectivity index (χ3v) is 6.23. The predicted molar refractivity (Wildman–Crippen MR) is 55.5 cm³/mol. The number of methoxy groups -OCH3 is 1. The Balaban J connectivity index is 2.13. The smallest absolute Gasteiger partial charge is 0.154 e. The lowest BCUT2D eigenvalue weighted by Crippen LogP contribution is -2.31. The van der Waals surface area contributed by atoms with Gasteiger partial charge in [-0.05, 0) is 0 Å². The Bertz CT molecular complexity index is 264. The Labute approximate surface area is 80.5 Å². The largest absolute Gasteiger partial charge is 0.494 e. The monoisotopic (exact) mass is 196 g/mol. The van der Waals surface area contributed by atoms with Crippen LogP contribution in [-0.2, 0) is 0 Å². The van der Waals surface area contributed by atoms with Gasteiger partial charge in [-0.3, -0.25) is 0 Å². The summed E-state index contributed by atoms with van der Waals surface area (Å²) in [5.74, 6) is 0.985. The van der Waals surface area contributed by atoms with Crippen molar-refractivity contribution in [1.82, 2.24) is 0 Å². The van der Waals surface area contributed by atoms with Gasteiger partial charge in [0.1, 0.15) is 14.2 Å². The summed E-state index contributed by atoms with van der Waals surface area (Å²) in [5.41, 5.74) is 0. The molecule has 0 atom stereocenters. The first-order valence-electron chi connectivity index (χ1n) is 5.03. The second-order valence-electron chi connectivity index (χ2n) is 3.69. The van der Waals surface area contributed by atoms with Crippen LogP contribution in [0.4, 0.5) is 0 Å². The van der Waals surface area contributed by atoms with E-state index >= 15 is 0 Å². The maximum atomic E-state index is 5.53. The van der Waals surface area contributed by atoms with E-state index in [4.69, 9.17) is 9.15 Å². The first-order valence-corrected chi connectivity index (χ1v) is 7.24. The molecule has 0 radical (unpaired) electrons. The van der Waals surface area contributed by atoms with Crippen molar-refractivity contribution in [2.24, 2.45) is 0 Å². The predicted octanol–water partition coefficient (Wildman–Crippen LogP) is 1.91. The average molecular weight is 196 g/mol. The Hall–Kier alpha value is -0.703. The molecule has 1 aliphatic heterocycles. The summed E-state index contributed by atoms with van der Waals surface area (Å²) in [7, 11) is 0.944. The van der Waals surface area contributed by atoms with Crippen molar-refractivity contribution in [3.8, 4) is 5.75 Å². The molecule has 0 aromatic carbocycles. The van der Waals surface area contributed by atoms with Crippen LogP contribution in [0, 0.1) is 0 Å². The SMILES string of the molecule is COc1ccoc1[SiH]1CCCCC1. The fraction of sp³-hybridized carbons (Fsp3) is 0.600. The standard InChI is InChI=1S/C10H16O2Si/c1-11-9-5-6-12-10(9)13-7-3-2-4-8-13/h5-6,13H,2-4,7-8H2,1H3. The molecule has 13 heavy (non-hydrogen) atoms. The molecule has 2 nitrogen and oxygen atoms in total. The van der Waals surface area contributed by atoms with E-state index in [9.17, 15) is 0 Å². The molecule has 0 spiro atoms. The quantitative estimate of drug-likeness (QED) is 0.674. The molecule has 1 fully saturated rings. The summed E-state index contributed by atoms with van der Waals surface area (Å²) < 4.78 is 10.8. The molecule has 2 heterocycles. The van der Waals surface area contributed by atoms with Crippen LogP contribution >= 0.6 is 0 Å². The van der Waals surface area contributed by atoms with Crippen molar-refractivity contribution in [1.29, 1.82) is 0 Å². The summed E-state index contributed by atoms with van der Waals surface area (Å²) in [6, 6.07) is 4.73. The molecule has 0 bridgehead atoms.